The fraction of sp³-hybridized carbons (Fsp3) is 0.143. The Balaban J connectivity index is 2.12. The third kappa shape index (κ3) is 3.77. The van der Waals surface area contributed by atoms with Crippen LogP contribution in [0.15, 0.2) is 56.7 Å². The summed E-state index contributed by atoms with van der Waals surface area (Å²) in [5.41, 5.74) is 7.74. The summed E-state index contributed by atoms with van der Waals surface area (Å²) in [6.45, 7) is 0. The number of halogens is 1. The van der Waals surface area contributed by atoms with E-state index in [1.165, 1.54) is 6.26 Å². The van der Waals surface area contributed by atoms with Gasteiger partial charge in [0.15, 0.2) is 9.84 Å². The maximum absolute atomic E-state index is 11.4. The van der Waals surface area contributed by atoms with E-state index < -0.39 is 9.84 Å². The first-order chi connectivity index (χ1) is 9.38. The van der Waals surface area contributed by atoms with Crippen LogP contribution in [0, 0.1) is 0 Å². The minimum Gasteiger partial charge on any atom is -0.398 e. The Bertz CT molecular complexity index is 692. The van der Waals surface area contributed by atoms with Gasteiger partial charge in [-0.15, -0.1) is 11.8 Å². The molecule has 0 saturated heterocycles. The highest BCUT2D eigenvalue weighted by Crippen LogP contribution is 2.30. The molecule has 0 fully saturated rings. The molecule has 0 radical (unpaired) electrons. The number of nitrogen functional groups attached to an aromatic ring is 1. The van der Waals surface area contributed by atoms with E-state index in [1.807, 2.05) is 30.3 Å². The smallest absolute Gasteiger partial charge is 0.175 e. The second-order valence-electron chi connectivity index (χ2n) is 4.34. The van der Waals surface area contributed by atoms with Crippen LogP contribution in [0.4, 0.5) is 5.69 Å². The third-order valence-corrected chi connectivity index (χ3v) is 5.70. The van der Waals surface area contributed by atoms with Gasteiger partial charge in [-0.25, -0.2) is 8.42 Å². The molecule has 106 valence electrons. The molecule has 0 spiro atoms. The molecule has 2 aromatic rings. The van der Waals surface area contributed by atoms with Crippen LogP contribution in [0.2, 0.25) is 0 Å². The van der Waals surface area contributed by atoms with Crippen LogP contribution in [-0.4, -0.2) is 14.7 Å². The number of anilines is 1. The van der Waals surface area contributed by atoms with Gasteiger partial charge >= 0.3 is 0 Å². The number of sulfone groups is 1. The zero-order chi connectivity index (χ0) is 14.8. The van der Waals surface area contributed by atoms with Gasteiger partial charge in [0.05, 0.1) is 4.90 Å². The van der Waals surface area contributed by atoms with Crippen molar-refractivity contribution in [1.82, 2.24) is 0 Å². The van der Waals surface area contributed by atoms with E-state index in [4.69, 9.17) is 5.73 Å². The van der Waals surface area contributed by atoms with E-state index >= 15 is 0 Å². The molecule has 0 saturated carbocycles. The van der Waals surface area contributed by atoms with Crippen LogP contribution in [0.25, 0.3) is 0 Å². The first-order valence-electron chi connectivity index (χ1n) is 5.84. The van der Waals surface area contributed by atoms with Gasteiger partial charge in [0, 0.05) is 27.1 Å². The van der Waals surface area contributed by atoms with E-state index in [1.54, 1.807) is 23.9 Å². The number of hydrogen-bond donors (Lipinski definition) is 1. The SMILES string of the molecule is CS(=O)(=O)c1ccc(SCc2c(N)cccc2Br)cc1. The van der Waals surface area contributed by atoms with E-state index in [0.717, 1.165) is 26.4 Å². The topological polar surface area (TPSA) is 60.2 Å². The summed E-state index contributed by atoms with van der Waals surface area (Å²) in [5.74, 6) is 0.728. The predicted octanol–water partition coefficient (Wildman–Crippen LogP) is 3.73. The highest BCUT2D eigenvalue weighted by molar-refractivity contribution is 9.10. The molecule has 2 N–H and O–H groups in total. The van der Waals surface area contributed by atoms with Crippen LogP contribution in [-0.2, 0) is 15.6 Å². The first kappa shape index (κ1) is 15.4. The summed E-state index contributed by atoms with van der Waals surface area (Å²) >= 11 is 5.10. The molecule has 0 bridgehead atoms. The van der Waals surface area contributed by atoms with E-state index in [9.17, 15) is 8.42 Å². The van der Waals surface area contributed by atoms with Crippen molar-refractivity contribution in [1.29, 1.82) is 0 Å². The molecule has 20 heavy (non-hydrogen) atoms. The highest BCUT2D eigenvalue weighted by Gasteiger charge is 2.08. The lowest BCUT2D eigenvalue weighted by Crippen LogP contribution is -1.96. The molecule has 0 aliphatic carbocycles. The molecule has 0 unspecified atom stereocenters. The largest absolute Gasteiger partial charge is 0.398 e. The monoisotopic (exact) mass is 371 g/mol. The van der Waals surface area contributed by atoms with Crippen molar-refractivity contribution in [3.8, 4) is 0 Å². The fourth-order valence-electron chi connectivity index (χ4n) is 1.67. The maximum atomic E-state index is 11.4. The number of thioether (sulfide) groups is 1. The Morgan fingerprint density at radius 2 is 1.80 bits per heavy atom. The molecule has 2 aromatic carbocycles. The van der Waals surface area contributed by atoms with Gasteiger partial charge in [0.25, 0.3) is 0 Å². The van der Waals surface area contributed by atoms with Gasteiger partial charge in [-0.05, 0) is 42.0 Å². The molecule has 6 heteroatoms. The van der Waals surface area contributed by atoms with Crippen molar-refractivity contribution in [3.63, 3.8) is 0 Å². The lowest BCUT2D eigenvalue weighted by atomic mass is 10.2. The number of nitrogens with two attached hydrogens (primary N) is 1. The van der Waals surface area contributed by atoms with Gasteiger partial charge in [-0.3, -0.25) is 0 Å². The molecular formula is C14H14BrNO2S2. The highest BCUT2D eigenvalue weighted by atomic mass is 79.9. The van der Waals surface area contributed by atoms with Crippen LogP contribution < -0.4 is 5.73 Å². The standard InChI is InChI=1S/C14H14BrNO2S2/c1-20(17,18)11-7-5-10(6-8-11)19-9-12-13(15)3-2-4-14(12)16/h2-8H,9,16H2,1H3. The van der Waals surface area contributed by atoms with Gasteiger partial charge in [0.1, 0.15) is 0 Å². The predicted molar refractivity (Wildman–Crippen MR) is 87.7 cm³/mol. The number of hydrogen-bond acceptors (Lipinski definition) is 4. The van der Waals surface area contributed by atoms with Crippen LogP contribution in [0.3, 0.4) is 0 Å². The second-order valence-corrected chi connectivity index (χ2v) is 8.26. The van der Waals surface area contributed by atoms with E-state index in [-0.39, 0.29) is 0 Å². The second kappa shape index (κ2) is 6.20. The van der Waals surface area contributed by atoms with Crippen molar-refractivity contribution < 1.29 is 8.42 Å². The minimum atomic E-state index is -3.14. The number of benzene rings is 2. The van der Waals surface area contributed by atoms with Crippen LogP contribution in [0.1, 0.15) is 5.56 Å². The van der Waals surface area contributed by atoms with Gasteiger partial charge in [0.2, 0.25) is 0 Å². The Morgan fingerprint density at radius 1 is 1.15 bits per heavy atom. The Morgan fingerprint density at radius 3 is 2.35 bits per heavy atom. The average Bonchev–Trinajstić information content (AvgIpc) is 2.37. The summed E-state index contributed by atoms with van der Waals surface area (Å²) in [5, 5.41) is 0. The molecular weight excluding hydrogens is 358 g/mol. The quantitative estimate of drug-likeness (QED) is 0.656. The fourth-order valence-corrected chi connectivity index (χ4v) is 3.97. The molecule has 2 rings (SSSR count). The zero-order valence-electron chi connectivity index (χ0n) is 10.8. The molecule has 0 aliphatic rings. The summed E-state index contributed by atoms with van der Waals surface area (Å²) in [4.78, 5) is 1.34. The van der Waals surface area contributed by atoms with Gasteiger partial charge < -0.3 is 5.73 Å². The van der Waals surface area contributed by atoms with Crippen LogP contribution in [0.5, 0.6) is 0 Å². The van der Waals surface area contributed by atoms with Crippen molar-refractivity contribution in [2.24, 2.45) is 0 Å². The molecule has 3 nitrogen and oxygen atoms in total. The summed E-state index contributed by atoms with van der Waals surface area (Å²) in [7, 11) is -3.14. The normalized spacial score (nSPS) is 11.5. The summed E-state index contributed by atoms with van der Waals surface area (Å²) < 4.78 is 23.8. The molecule has 0 aromatic heterocycles. The van der Waals surface area contributed by atoms with Crippen molar-refractivity contribution in [2.75, 3.05) is 12.0 Å². The minimum absolute atomic E-state index is 0.335. The molecule has 0 aliphatic heterocycles. The molecule has 0 heterocycles. The van der Waals surface area contributed by atoms with E-state index in [0.29, 0.717) is 4.90 Å². The molecule has 0 amide bonds. The third-order valence-electron chi connectivity index (χ3n) is 2.79. The van der Waals surface area contributed by atoms with E-state index in [2.05, 4.69) is 15.9 Å². The Kier molecular flexibility index (Phi) is 4.78. The van der Waals surface area contributed by atoms with Crippen molar-refractivity contribution in [2.45, 2.75) is 15.5 Å². The Labute approximate surface area is 131 Å². The number of rotatable bonds is 4. The Hall–Kier alpha value is -0.980. The maximum Gasteiger partial charge on any atom is 0.175 e. The lowest BCUT2D eigenvalue weighted by Gasteiger charge is -2.08. The van der Waals surface area contributed by atoms with Crippen molar-refractivity contribution in [3.05, 3.63) is 52.5 Å². The van der Waals surface area contributed by atoms with Crippen LogP contribution >= 0.6 is 27.7 Å². The van der Waals surface area contributed by atoms with Crippen molar-refractivity contribution >= 4 is 43.2 Å². The average molecular weight is 372 g/mol. The zero-order valence-corrected chi connectivity index (χ0v) is 14.1. The lowest BCUT2D eigenvalue weighted by molar-refractivity contribution is 0.602. The summed E-state index contributed by atoms with van der Waals surface area (Å²) in [6, 6.07) is 12.6. The summed E-state index contributed by atoms with van der Waals surface area (Å²) in [6.07, 6.45) is 1.21. The van der Waals surface area contributed by atoms with Gasteiger partial charge in [-0.1, -0.05) is 22.0 Å². The molecule has 0 atom stereocenters. The van der Waals surface area contributed by atoms with Gasteiger partial charge in [-0.2, -0.15) is 0 Å². The first-order valence-corrected chi connectivity index (χ1v) is 9.51.